The smallest absolute Gasteiger partial charge is 0.377 e. The number of carbonyl (C=O) groups is 2. The van der Waals surface area contributed by atoms with Crippen LogP contribution in [0.15, 0.2) is 18.2 Å². The highest BCUT2D eigenvalue weighted by Gasteiger charge is 2.21. The number of aromatic nitrogens is 1. The maximum Gasteiger partial charge on any atom is 0.377 e. The van der Waals surface area contributed by atoms with E-state index in [1.165, 1.54) is 0 Å². The number of rotatable bonds is 3. The van der Waals surface area contributed by atoms with E-state index in [1.807, 2.05) is 25.1 Å². The van der Waals surface area contributed by atoms with Crippen molar-refractivity contribution in [2.75, 3.05) is 0 Å². The number of nitrogens with one attached hydrogen (secondary N) is 1. The van der Waals surface area contributed by atoms with E-state index in [9.17, 15) is 9.59 Å². The van der Waals surface area contributed by atoms with Gasteiger partial charge in [0.25, 0.3) is 5.78 Å². The van der Waals surface area contributed by atoms with Crippen molar-refractivity contribution in [1.29, 1.82) is 0 Å². The minimum atomic E-state index is -1.42. The van der Waals surface area contributed by atoms with Crippen molar-refractivity contribution >= 4 is 22.7 Å². The fraction of sp³-hybridized carbons (Fsp3) is 0.231. The van der Waals surface area contributed by atoms with Crippen LogP contribution in [0.25, 0.3) is 10.9 Å². The van der Waals surface area contributed by atoms with Crippen molar-refractivity contribution < 1.29 is 14.7 Å². The van der Waals surface area contributed by atoms with Crippen LogP contribution in [0, 0.1) is 6.92 Å². The molecule has 1 aromatic carbocycles. The van der Waals surface area contributed by atoms with Crippen LogP contribution >= 0.6 is 0 Å². The summed E-state index contributed by atoms with van der Waals surface area (Å²) >= 11 is 0. The Morgan fingerprint density at radius 3 is 2.65 bits per heavy atom. The number of aliphatic carboxylic acids is 1. The monoisotopic (exact) mass is 231 g/mol. The third kappa shape index (κ3) is 1.82. The molecule has 0 bridgehead atoms. The summed E-state index contributed by atoms with van der Waals surface area (Å²) in [5.74, 6) is -2.28. The van der Waals surface area contributed by atoms with Gasteiger partial charge in [0, 0.05) is 16.6 Å². The fourth-order valence-corrected chi connectivity index (χ4v) is 1.99. The number of fused-ring (bicyclic) bond motifs is 1. The minimum Gasteiger partial charge on any atom is -0.475 e. The zero-order valence-electron chi connectivity index (χ0n) is 9.70. The number of hydrogen-bond acceptors (Lipinski definition) is 2. The number of aryl methyl sites for hydroxylation is 2. The SMILES string of the molecule is CCc1ccc2[nH]c(C)c(C(=O)C(=O)O)c2c1. The molecular weight excluding hydrogens is 218 g/mol. The lowest BCUT2D eigenvalue weighted by Gasteiger charge is -1.98. The number of hydrogen-bond donors (Lipinski definition) is 2. The summed E-state index contributed by atoms with van der Waals surface area (Å²) in [6.45, 7) is 3.72. The Morgan fingerprint density at radius 2 is 2.06 bits per heavy atom. The van der Waals surface area contributed by atoms with Gasteiger partial charge in [0.05, 0.1) is 5.56 Å². The average molecular weight is 231 g/mol. The Labute approximate surface area is 98.3 Å². The largest absolute Gasteiger partial charge is 0.475 e. The van der Waals surface area contributed by atoms with E-state index in [4.69, 9.17) is 5.11 Å². The molecule has 1 heterocycles. The fourth-order valence-electron chi connectivity index (χ4n) is 1.99. The van der Waals surface area contributed by atoms with Crippen molar-refractivity contribution in [1.82, 2.24) is 4.98 Å². The molecule has 0 aliphatic heterocycles. The highest BCUT2D eigenvalue weighted by atomic mass is 16.4. The van der Waals surface area contributed by atoms with Crippen molar-refractivity contribution in [2.45, 2.75) is 20.3 Å². The molecule has 0 saturated carbocycles. The zero-order valence-corrected chi connectivity index (χ0v) is 9.70. The molecule has 2 aromatic rings. The zero-order chi connectivity index (χ0) is 12.6. The number of carbonyl (C=O) groups excluding carboxylic acids is 1. The van der Waals surface area contributed by atoms with E-state index >= 15 is 0 Å². The summed E-state index contributed by atoms with van der Waals surface area (Å²) in [5, 5.41) is 9.49. The maximum absolute atomic E-state index is 11.6. The van der Waals surface area contributed by atoms with Crippen molar-refractivity contribution in [3.8, 4) is 0 Å². The van der Waals surface area contributed by atoms with Gasteiger partial charge in [0.2, 0.25) is 0 Å². The number of carboxylic acid groups (broad SMARTS) is 1. The van der Waals surface area contributed by atoms with Crippen molar-refractivity contribution in [3.05, 3.63) is 35.0 Å². The molecule has 0 spiro atoms. The predicted molar refractivity (Wildman–Crippen MR) is 64.4 cm³/mol. The highest BCUT2D eigenvalue weighted by molar-refractivity contribution is 6.42. The van der Waals surface area contributed by atoms with Crippen LogP contribution in [0.4, 0.5) is 0 Å². The first-order valence-corrected chi connectivity index (χ1v) is 5.43. The van der Waals surface area contributed by atoms with Gasteiger partial charge in [-0.1, -0.05) is 13.0 Å². The number of carboxylic acids is 1. The van der Waals surface area contributed by atoms with Crippen LogP contribution in [0.2, 0.25) is 0 Å². The second kappa shape index (κ2) is 4.05. The van der Waals surface area contributed by atoms with Gasteiger partial charge in [-0.3, -0.25) is 4.79 Å². The molecule has 0 radical (unpaired) electrons. The van der Waals surface area contributed by atoms with Crippen LogP contribution in [0.5, 0.6) is 0 Å². The van der Waals surface area contributed by atoms with Crippen LogP contribution < -0.4 is 0 Å². The van der Waals surface area contributed by atoms with Gasteiger partial charge >= 0.3 is 5.97 Å². The molecule has 4 heteroatoms. The van der Waals surface area contributed by atoms with Crippen LogP contribution in [0.1, 0.15) is 28.5 Å². The van der Waals surface area contributed by atoms with Crippen LogP contribution in [-0.4, -0.2) is 21.8 Å². The van der Waals surface area contributed by atoms with Crippen molar-refractivity contribution in [3.63, 3.8) is 0 Å². The topological polar surface area (TPSA) is 70.2 Å². The normalized spacial score (nSPS) is 10.7. The van der Waals surface area contributed by atoms with E-state index in [1.54, 1.807) is 6.92 Å². The van der Waals surface area contributed by atoms with Gasteiger partial charge < -0.3 is 10.1 Å². The molecule has 0 aliphatic carbocycles. The Bertz CT molecular complexity index is 610. The molecule has 0 aliphatic rings. The number of aromatic amines is 1. The molecule has 0 amide bonds. The van der Waals surface area contributed by atoms with Gasteiger partial charge in [0.1, 0.15) is 0 Å². The molecule has 88 valence electrons. The predicted octanol–water partition coefficient (Wildman–Crippen LogP) is 2.31. The quantitative estimate of drug-likeness (QED) is 0.629. The standard InChI is InChI=1S/C13H13NO3/c1-3-8-4-5-10-9(6-8)11(7(2)14-10)12(15)13(16)17/h4-6,14H,3H2,1-2H3,(H,16,17). The molecule has 4 nitrogen and oxygen atoms in total. The Kier molecular flexibility index (Phi) is 2.71. The van der Waals surface area contributed by atoms with Gasteiger partial charge in [-0.05, 0) is 31.0 Å². The summed E-state index contributed by atoms with van der Waals surface area (Å²) in [4.78, 5) is 25.4. The van der Waals surface area contributed by atoms with E-state index in [-0.39, 0.29) is 5.56 Å². The molecule has 1 aromatic heterocycles. The number of benzene rings is 1. The lowest BCUT2D eigenvalue weighted by atomic mass is 10.0. The maximum atomic E-state index is 11.6. The molecule has 2 N–H and O–H groups in total. The molecule has 0 unspecified atom stereocenters. The number of H-pyrrole nitrogens is 1. The van der Waals surface area contributed by atoms with Crippen LogP contribution in [0.3, 0.4) is 0 Å². The first-order valence-electron chi connectivity index (χ1n) is 5.43. The van der Waals surface area contributed by atoms with E-state index in [0.717, 1.165) is 17.5 Å². The molecule has 2 rings (SSSR count). The number of Topliss-reactive ketones (excluding diaryl/α,β-unsaturated/α-hetero) is 1. The lowest BCUT2D eigenvalue weighted by Crippen LogP contribution is -2.13. The molecule has 0 saturated heterocycles. The second-order valence-electron chi connectivity index (χ2n) is 3.99. The molecule has 17 heavy (non-hydrogen) atoms. The first-order chi connectivity index (χ1) is 8.04. The van der Waals surface area contributed by atoms with E-state index < -0.39 is 11.8 Å². The molecular formula is C13H13NO3. The van der Waals surface area contributed by atoms with Gasteiger partial charge in [0.15, 0.2) is 0 Å². The summed E-state index contributed by atoms with van der Waals surface area (Å²) in [6, 6.07) is 5.71. The lowest BCUT2D eigenvalue weighted by molar-refractivity contribution is -0.131. The molecule has 0 fully saturated rings. The summed E-state index contributed by atoms with van der Waals surface area (Å²) < 4.78 is 0. The third-order valence-corrected chi connectivity index (χ3v) is 2.88. The Morgan fingerprint density at radius 1 is 1.35 bits per heavy atom. The molecule has 0 atom stereocenters. The van der Waals surface area contributed by atoms with E-state index in [0.29, 0.717) is 11.1 Å². The average Bonchev–Trinajstić information content (AvgIpc) is 2.62. The summed E-state index contributed by atoms with van der Waals surface area (Å²) in [6.07, 6.45) is 0.848. The third-order valence-electron chi connectivity index (χ3n) is 2.88. The highest BCUT2D eigenvalue weighted by Crippen LogP contribution is 2.24. The van der Waals surface area contributed by atoms with Crippen LogP contribution in [-0.2, 0) is 11.2 Å². The van der Waals surface area contributed by atoms with E-state index in [2.05, 4.69) is 4.98 Å². The van der Waals surface area contributed by atoms with Crippen molar-refractivity contribution in [2.24, 2.45) is 0 Å². The Balaban J connectivity index is 2.72. The van der Waals surface area contributed by atoms with Gasteiger partial charge in [-0.15, -0.1) is 0 Å². The number of ketones is 1. The summed E-state index contributed by atoms with van der Waals surface area (Å²) in [7, 11) is 0. The van der Waals surface area contributed by atoms with Gasteiger partial charge in [-0.2, -0.15) is 0 Å². The second-order valence-corrected chi connectivity index (χ2v) is 3.99. The minimum absolute atomic E-state index is 0.266. The summed E-state index contributed by atoms with van der Waals surface area (Å²) in [5.41, 5.74) is 2.74. The Hall–Kier alpha value is -2.10. The first kappa shape index (κ1) is 11.4. The van der Waals surface area contributed by atoms with Gasteiger partial charge in [-0.25, -0.2) is 4.79 Å².